The van der Waals surface area contributed by atoms with Gasteiger partial charge < -0.3 is 19.7 Å². The van der Waals surface area contributed by atoms with Crippen LogP contribution in [0.4, 0.5) is 0 Å². The zero-order chi connectivity index (χ0) is 15.1. The average Bonchev–Trinajstić information content (AvgIpc) is 2.89. The first-order valence-electron chi connectivity index (χ1n) is 7.37. The third kappa shape index (κ3) is 4.44. The number of hydrogen-bond acceptors (Lipinski definition) is 4. The molecule has 1 saturated heterocycles. The Kier molecular flexibility index (Phi) is 6.01. The molecule has 0 bridgehead atoms. The molecule has 2 N–H and O–H groups in total. The van der Waals surface area contributed by atoms with Crippen LogP contribution in [0.5, 0.6) is 0 Å². The van der Waals surface area contributed by atoms with Gasteiger partial charge >= 0.3 is 0 Å². The van der Waals surface area contributed by atoms with Crippen LogP contribution in [0, 0.1) is 6.92 Å². The van der Waals surface area contributed by atoms with Gasteiger partial charge in [-0.05, 0) is 13.8 Å². The average molecular weight is 295 g/mol. The van der Waals surface area contributed by atoms with E-state index in [1.165, 1.54) is 0 Å². The Morgan fingerprint density at radius 3 is 3.19 bits per heavy atom. The number of morpholine rings is 1. The van der Waals surface area contributed by atoms with Gasteiger partial charge in [0.2, 0.25) is 0 Å². The van der Waals surface area contributed by atoms with Crippen molar-refractivity contribution in [1.82, 2.24) is 20.4 Å². The molecule has 1 aliphatic rings. The van der Waals surface area contributed by atoms with Crippen LogP contribution in [0.15, 0.2) is 11.2 Å². The van der Waals surface area contributed by atoms with Gasteiger partial charge in [0.25, 0.3) is 0 Å². The van der Waals surface area contributed by atoms with Gasteiger partial charge in [-0.1, -0.05) is 0 Å². The van der Waals surface area contributed by atoms with Gasteiger partial charge in [0.05, 0.1) is 32.1 Å². The normalized spacial score (nSPS) is 19.9. The van der Waals surface area contributed by atoms with Gasteiger partial charge in [0.15, 0.2) is 5.96 Å². The highest BCUT2D eigenvalue weighted by molar-refractivity contribution is 5.80. The Morgan fingerprint density at radius 2 is 2.52 bits per heavy atom. The molecule has 0 amide bonds. The number of methoxy groups -OCH3 is 1. The molecule has 0 spiro atoms. The number of aromatic nitrogens is 2. The van der Waals surface area contributed by atoms with E-state index in [2.05, 4.69) is 27.3 Å². The van der Waals surface area contributed by atoms with Gasteiger partial charge in [-0.2, -0.15) is 5.10 Å². The Morgan fingerprint density at radius 1 is 1.67 bits per heavy atom. The first kappa shape index (κ1) is 15.8. The van der Waals surface area contributed by atoms with Crippen LogP contribution in [0.3, 0.4) is 0 Å². The highest BCUT2D eigenvalue weighted by Gasteiger charge is 2.22. The van der Waals surface area contributed by atoms with E-state index in [-0.39, 0.29) is 6.10 Å². The quantitative estimate of drug-likeness (QED) is 0.612. The fraction of sp³-hybridized carbons (Fsp3) is 0.714. The number of ether oxygens (including phenoxy) is 2. The Balaban J connectivity index is 2.01. The van der Waals surface area contributed by atoms with Crippen LogP contribution < -0.4 is 5.32 Å². The van der Waals surface area contributed by atoms with Gasteiger partial charge in [0.1, 0.15) is 0 Å². The summed E-state index contributed by atoms with van der Waals surface area (Å²) in [4.78, 5) is 6.94. The molecule has 2 rings (SSSR count). The molecule has 0 radical (unpaired) electrons. The number of rotatable bonds is 5. The van der Waals surface area contributed by atoms with Crippen molar-refractivity contribution in [2.24, 2.45) is 4.99 Å². The van der Waals surface area contributed by atoms with Crippen molar-refractivity contribution < 1.29 is 9.47 Å². The van der Waals surface area contributed by atoms with E-state index >= 15 is 0 Å². The molecule has 118 valence electrons. The molecule has 1 aromatic rings. The lowest BCUT2D eigenvalue weighted by atomic mass is 10.2. The maximum atomic E-state index is 5.68. The van der Waals surface area contributed by atoms with Crippen molar-refractivity contribution in [2.45, 2.75) is 26.5 Å². The zero-order valence-electron chi connectivity index (χ0n) is 13.1. The number of guanidine groups is 1. The summed E-state index contributed by atoms with van der Waals surface area (Å²) in [6.07, 6.45) is 1.93. The predicted molar refractivity (Wildman–Crippen MR) is 81.3 cm³/mol. The third-order valence-corrected chi connectivity index (χ3v) is 3.46. The van der Waals surface area contributed by atoms with Crippen molar-refractivity contribution >= 4 is 5.96 Å². The second-order valence-electron chi connectivity index (χ2n) is 5.08. The minimum Gasteiger partial charge on any atom is -0.382 e. The van der Waals surface area contributed by atoms with E-state index < -0.39 is 0 Å². The Labute approximate surface area is 125 Å². The summed E-state index contributed by atoms with van der Waals surface area (Å²) < 4.78 is 10.9. The number of aliphatic imine (C=N–C) groups is 1. The second-order valence-corrected chi connectivity index (χ2v) is 5.08. The number of nitrogens with one attached hydrogen (secondary N) is 2. The van der Waals surface area contributed by atoms with Crippen molar-refractivity contribution in [3.8, 4) is 0 Å². The number of hydrogen-bond donors (Lipinski definition) is 2. The molecule has 0 aliphatic carbocycles. The summed E-state index contributed by atoms with van der Waals surface area (Å²) in [7, 11) is 1.70. The number of nitrogens with zero attached hydrogens (tertiary/aromatic N) is 3. The molecule has 7 nitrogen and oxygen atoms in total. The van der Waals surface area contributed by atoms with Crippen molar-refractivity contribution in [1.29, 1.82) is 0 Å². The van der Waals surface area contributed by atoms with Crippen LogP contribution in [0.1, 0.15) is 18.2 Å². The Bertz CT molecular complexity index is 458. The van der Waals surface area contributed by atoms with Crippen LogP contribution >= 0.6 is 0 Å². The standard InChI is InChI=1S/C14H25N5O2/c1-4-15-14(16-7-12-8-17-18-11(12)2)19-5-6-21-13(9-19)10-20-3/h8,13H,4-7,9-10H2,1-3H3,(H,15,16)(H,17,18). The topological polar surface area (TPSA) is 74.8 Å². The monoisotopic (exact) mass is 295 g/mol. The van der Waals surface area contributed by atoms with Crippen LogP contribution in [0.2, 0.25) is 0 Å². The van der Waals surface area contributed by atoms with Crippen LogP contribution in [-0.2, 0) is 16.0 Å². The molecular weight excluding hydrogens is 270 g/mol. The first-order chi connectivity index (χ1) is 10.2. The van der Waals surface area contributed by atoms with E-state index in [0.717, 1.165) is 36.9 Å². The number of aromatic amines is 1. The molecule has 7 heteroatoms. The van der Waals surface area contributed by atoms with E-state index in [1.807, 2.05) is 13.1 Å². The lowest BCUT2D eigenvalue weighted by Gasteiger charge is -2.34. The van der Waals surface area contributed by atoms with Crippen molar-refractivity contribution in [3.05, 3.63) is 17.5 Å². The predicted octanol–water partition coefficient (Wildman–Crippen LogP) is 0.531. The summed E-state index contributed by atoms with van der Waals surface area (Å²) >= 11 is 0. The van der Waals surface area contributed by atoms with E-state index in [1.54, 1.807) is 7.11 Å². The lowest BCUT2D eigenvalue weighted by molar-refractivity contribution is -0.0447. The Hall–Kier alpha value is -1.60. The second kappa shape index (κ2) is 7.99. The highest BCUT2D eigenvalue weighted by atomic mass is 16.5. The lowest BCUT2D eigenvalue weighted by Crippen LogP contribution is -2.51. The summed E-state index contributed by atoms with van der Waals surface area (Å²) in [5, 5.41) is 10.3. The summed E-state index contributed by atoms with van der Waals surface area (Å²) in [6.45, 7) is 8.49. The molecule has 1 atom stereocenters. The molecule has 0 saturated carbocycles. The maximum absolute atomic E-state index is 5.68. The van der Waals surface area contributed by atoms with Gasteiger partial charge in [-0.25, -0.2) is 4.99 Å². The SMILES string of the molecule is CCNC(=NCc1cn[nH]c1C)N1CCOC(COC)C1. The third-order valence-electron chi connectivity index (χ3n) is 3.46. The van der Waals surface area contributed by atoms with Crippen LogP contribution in [0.25, 0.3) is 0 Å². The van der Waals surface area contributed by atoms with Crippen molar-refractivity contribution in [2.75, 3.05) is 40.0 Å². The van der Waals surface area contributed by atoms with Crippen LogP contribution in [-0.4, -0.2) is 67.1 Å². The van der Waals surface area contributed by atoms with E-state index in [4.69, 9.17) is 14.5 Å². The molecule has 2 heterocycles. The maximum Gasteiger partial charge on any atom is 0.194 e. The van der Waals surface area contributed by atoms with Crippen molar-refractivity contribution in [3.63, 3.8) is 0 Å². The smallest absolute Gasteiger partial charge is 0.194 e. The largest absolute Gasteiger partial charge is 0.382 e. The fourth-order valence-electron chi connectivity index (χ4n) is 2.32. The first-order valence-corrected chi connectivity index (χ1v) is 7.37. The van der Waals surface area contributed by atoms with Gasteiger partial charge in [-0.3, -0.25) is 5.10 Å². The molecule has 0 aromatic carbocycles. The number of aryl methyl sites for hydroxylation is 1. The molecule has 1 unspecified atom stereocenters. The van der Waals surface area contributed by atoms with Gasteiger partial charge in [-0.15, -0.1) is 0 Å². The molecule has 21 heavy (non-hydrogen) atoms. The van der Waals surface area contributed by atoms with E-state index in [0.29, 0.717) is 19.8 Å². The molecule has 1 aliphatic heterocycles. The fourth-order valence-corrected chi connectivity index (χ4v) is 2.32. The minimum atomic E-state index is 0.100. The minimum absolute atomic E-state index is 0.100. The van der Waals surface area contributed by atoms with E-state index in [9.17, 15) is 0 Å². The molecule has 1 aromatic heterocycles. The summed E-state index contributed by atoms with van der Waals surface area (Å²) in [6, 6.07) is 0. The highest BCUT2D eigenvalue weighted by Crippen LogP contribution is 2.08. The van der Waals surface area contributed by atoms with Gasteiger partial charge in [0, 0.05) is 38.0 Å². The number of H-pyrrole nitrogens is 1. The summed E-state index contributed by atoms with van der Waals surface area (Å²) in [5.74, 6) is 0.919. The molecular formula is C14H25N5O2. The zero-order valence-corrected chi connectivity index (χ0v) is 13.1. The molecule has 1 fully saturated rings. The summed E-state index contributed by atoms with van der Waals surface area (Å²) in [5.41, 5.74) is 2.18.